The lowest BCUT2D eigenvalue weighted by atomic mass is 10.3. The molecule has 7 heavy (non-hydrogen) atoms. The Labute approximate surface area is 44.7 Å². The van der Waals surface area contributed by atoms with Crippen LogP contribution in [0.4, 0.5) is 0 Å². The Hall–Kier alpha value is -0.0800. The first kappa shape index (κ1) is 6.92. The van der Waals surface area contributed by atoms with Crippen LogP contribution in [0.2, 0.25) is 0 Å². The molecule has 0 rings (SSSR count). The Morgan fingerprint density at radius 1 is 1.71 bits per heavy atom. The van der Waals surface area contributed by atoms with E-state index >= 15 is 0 Å². The molecular weight excluding hydrogens is 90.1 g/mol. The minimum absolute atomic E-state index is 0.813. The molecule has 0 aliphatic carbocycles. The molecule has 0 aliphatic heterocycles. The van der Waals surface area contributed by atoms with E-state index < -0.39 is 0 Å². The van der Waals surface area contributed by atoms with Gasteiger partial charge in [-0.2, -0.15) is 0 Å². The van der Waals surface area contributed by atoms with Crippen LogP contribution in [0.25, 0.3) is 0 Å². The molecule has 0 aromatic heterocycles. The van der Waals surface area contributed by atoms with Crippen LogP contribution in [0, 0.1) is 6.54 Å². The maximum absolute atomic E-state index is 5.09. The van der Waals surface area contributed by atoms with Crippen molar-refractivity contribution in [1.82, 2.24) is 0 Å². The lowest BCUT2D eigenvalue weighted by Gasteiger charge is -1.92. The summed E-state index contributed by atoms with van der Waals surface area (Å²) in [5.74, 6) is 0. The molecule has 43 valence electrons. The lowest BCUT2D eigenvalue weighted by molar-refractivity contribution is 0.195. The van der Waals surface area contributed by atoms with E-state index in [1.54, 1.807) is 13.7 Å². The molecule has 0 saturated carbocycles. The molecule has 0 fully saturated rings. The Bertz CT molecular complexity index is 27.3. The van der Waals surface area contributed by atoms with Gasteiger partial charge in [0.15, 0.2) is 0 Å². The molecule has 2 nitrogen and oxygen atoms in total. The summed E-state index contributed by atoms with van der Waals surface area (Å²) in [5.41, 5.74) is 5.09. The molecule has 0 aliphatic rings. The van der Waals surface area contributed by atoms with Gasteiger partial charge in [0, 0.05) is 20.3 Å². The van der Waals surface area contributed by atoms with Gasteiger partial charge in [-0.3, -0.25) is 0 Å². The number of methoxy groups -OCH3 is 1. The van der Waals surface area contributed by atoms with Crippen LogP contribution < -0.4 is 5.73 Å². The standard InChI is InChI=1S/C5H12NO/c1-7-5-3-2-4-6/h4H,2-3,5-6H2,1H3. The molecule has 0 bridgehead atoms. The molecule has 0 aromatic carbocycles. The van der Waals surface area contributed by atoms with Gasteiger partial charge < -0.3 is 10.5 Å². The van der Waals surface area contributed by atoms with E-state index in [0.717, 1.165) is 19.4 Å². The van der Waals surface area contributed by atoms with E-state index in [9.17, 15) is 0 Å². The lowest BCUT2D eigenvalue weighted by Crippen LogP contribution is -1.93. The molecule has 2 N–H and O–H groups in total. The van der Waals surface area contributed by atoms with E-state index in [0.29, 0.717) is 0 Å². The second-order valence-electron chi connectivity index (χ2n) is 1.37. The van der Waals surface area contributed by atoms with E-state index in [2.05, 4.69) is 0 Å². The SMILES string of the molecule is COCCC[CH]N. The predicted octanol–water partition coefficient (Wildman–Crippen LogP) is 0.533. The Balaban J connectivity index is 2.45. The first-order valence-corrected chi connectivity index (χ1v) is 2.44. The van der Waals surface area contributed by atoms with E-state index in [1.807, 2.05) is 0 Å². The zero-order valence-electron chi connectivity index (χ0n) is 4.68. The van der Waals surface area contributed by atoms with Crippen molar-refractivity contribution in [3.63, 3.8) is 0 Å². The van der Waals surface area contributed by atoms with E-state index in [4.69, 9.17) is 10.5 Å². The summed E-state index contributed by atoms with van der Waals surface area (Å²) >= 11 is 0. The second-order valence-corrected chi connectivity index (χ2v) is 1.37. The third-order valence-corrected chi connectivity index (χ3v) is 0.719. The van der Waals surface area contributed by atoms with Gasteiger partial charge in [0.2, 0.25) is 0 Å². The van der Waals surface area contributed by atoms with Crippen molar-refractivity contribution < 1.29 is 4.74 Å². The van der Waals surface area contributed by atoms with Gasteiger partial charge in [0.1, 0.15) is 0 Å². The summed E-state index contributed by atoms with van der Waals surface area (Å²) in [6.45, 7) is 2.46. The summed E-state index contributed by atoms with van der Waals surface area (Å²) in [4.78, 5) is 0. The highest BCUT2D eigenvalue weighted by molar-refractivity contribution is 4.51. The summed E-state index contributed by atoms with van der Waals surface area (Å²) in [7, 11) is 1.69. The zero-order chi connectivity index (χ0) is 5.54. The normalized spacial score (nSPS) is 9.43. The Morgan fingerprint density at radius 2 is 2.43 bits per heavy atom. The van der Waals surface area contributed by atoms with Crippen molar-refractivity contribution in [2.45, 2.75) is 12.8 Å². The van der Waals surface area contributed by atoms with Crippen LogP contribution in [0.5, 0.6) is 0 Å². The fraction of sp³-hybridized carbons (Fsp3) is 0.800. The van der Waals surface area contributed by atoms with Crippen LogP contribution in [0.3, 0.4) is 0 Å². The van der Waals surface area contributed by atoms with Crippen LogP contribution in [0.1, 0.15) is 12.8 Å². The molecule has 0 saturated heterocycles. The Morgan fingerprint density at radius 3 is 2.86 bits per heavy atom. The van der Waals surface area contributed by atoms with E-state index in [-0.39, 0.29) is 0 Å². The van der Waals surface area contributed by atoms with Crippen molar-refractivity contribution >= 4 is 0 Å². The van der Waals surface area contributed by atoms with Crippen LogP contribution >= 0.6 is 0 Å². The van der Waals surface area contributed by atoms with Crippen LogP contribution in [-0.4, -0.2) is 13.7 Å². The monoisotopic (exact) mass is 102 g/mol. The van der Waals surface area contributed by atoms with Gasteiger partial charge in [-0.15, -0.1) is 0 Å². The minimum atomic E-state index is 0.813. The quantitative estimate of drug-likeness (QED) is 0.525. The fourth-order valence-corrected chi connectivity index (χ4v) is 0.346. The average Bonchev–Trinajstić information content (AvgIpc) is 1.69. The van der Waals surface area contributed by atoms with Crippen LogP contribution in [-0.2, 0) is 4.74 Å². The number of hydrogen-bond acceptors (Lipinski definition) is 2. The summed E-state index contributed by atoms with van der Waals surface area (Å²) < 4.78 is 4.77. The number of nitrogens with two attached hydrogens (primary N) is 1. The number of rotatable bonds is 4. The van der Waals surface area contributed by atoms with E-state index in [1.165, 1.54) is 0 Å². The number of hydrogen-bond donors (Lipinski definition) is 1. The third-order valence-electron chi connectivity index (χ3n) is 0.719. The minimum Gasteiger partial charge on any atom is -0.385 e. The van der Waals surface area contributed by atoms with Gasteiger partial charge in [-0.25, -0.2) is 0 Å². The smallest absolute Gasteiger partial charge is 0.0462 e. The van der Waals surface area contributed by atoms with Gasteiger partial charge in [-0.05, 0) is 12.8 Å². The molecule has 0 aromatic rings. The molecule has 0 heterocycles. The van der Waals surface area contributed by atoms with Crippen molar-refractivity contribution in [1.29, 1.82) is 0 Å². The molecule has 0 amide bonds. The van der Waals surface area contributed by atoms with Gasteiger partial charge >= 0.3 is 0 Å². The zero-order valence-corrected chi connectivity index (χ0v) is 4.68. The van der Waals surface area contributed by atoms with Crippen molar-refractivity contribution in [3.8, 4) is 0 Å². The maximum atomic E-state index is 5.09. The topological polar surface area (TPSA) is 35.2 Å². The highest BCUT2D eigenvalue weighted by atomic mass is 16.5. The first-order chi connectivity index (χ1) is 3.41. The number of ether oxygens (including phenoxy) is 1. The first-order valence-electron chi connectivity index (χ1n) is 2.44. The van der Waals surface area contributed by atoms with Gasteiger partial charge in [0.25, 0.3) is 0 Å². The fourth-order valence-electron chi connectivity index (χ4n) is 0.346. The second kappa shape index (κ2) is 5.92. The summed E-state index contributed by atoms with van der Waals surface area (Å²) in [6.07, 6.45) is 1.99. The highest BCUT2D eigenvalue weighted by Crippen LogP contribution is 1.86. The predicted molar refractivity (Wildman–Crippen MR) is 29.6 cm³/mol. The number of unbranched alkanes of at least 4 members (excludes halogenated alkanes) is 1. The van der Waals surface area contributed by atoms with Crippen molar-refractivity contribution in [2.75, 3.05) is 13.7 Å². The molecular formula is C5H12NO. The highest BCUT2D eigenvalue weighted by Gasteiger charge is 1.80. The molecule has 0 atom stereocenters. The van der Waals surface area contributed by atoms with Crippen molar-refractivity contribution in [3.05, 3.63) is 6.54 Å². The molecule has 1 radical (unpaired) electrons. The average molecular weight is 102 g/mol. The molecule has 2 heteroatoms. The third kappa shape index (κ3) is 5.92. The van der Waals surface area contributed by atoms with Gasteiger partial charge in [0.05, 0.1) is 0 Å². The molecule has 0 unspecified atom stereocenters. The molecule has 0 spiro atoms. The summed E-state index contributed by atoms with van der Waals surface area (Å²) in [5, 5.41) is 0. The van der Waals surface area contributed by atoms with Gasteiger partial charge in [-0.1, -0.05) is 0 Å². The van der Waals surface area contributed by atoms with Crippen LogP contribution in [0.15, 0.2) is 0 Å². The maximum Gasteiger partial charge on any atom is 0.0462 e. The largest absolute Gasteiger partial charge is 0.385 e. The summed E-state index contributed by atoms with van der Waals surface area (Å²) in [6, 6.07) is 0. The van der Waals surface area contributed by atoms with Crippen molar-refractivity contribution in [2.24, 2.45) is 5.73 Å². The Kier molecular flexibility index (Phi) is 5.85.